The minimum absolute atomic E-state index is 0.260. The second kappa shape index (κ2) is 3.99. The van der Waals surface area contributed by atoms with Crippen molar-refractivity contribution in [1.82, 2.24) is 0 Å². The summed E-state index contributed by atoms with van der Waals surface area (Å²) in [6, 6.07) is 0. The van der Waals surface area contributed by atoms with Crippen LogP contribution in [-0.2, 0) is 5.41 Å². The first kappa shape index (κ1) is 6.81. The summed E-state index contributed by atoms with van der Waals surface area (Å²) in [6.07, 6.45) is 0. The van der Waals surface area contributed by atoms with E-state index in [1.54, 1.807) is 0 Å². The van der Waals surface area contributed by atoms with E-state index in [2.05, 4.69) is 59.3 Å². The van der Waals surface area contributed by atoms with Crippen LogP contribution in [0.25, 0.3) is 0 Å². The van der Waals surface area contributed by atoms with E-state index < -0.39 is 0 Å². The number of rotatable bonds is 0. The molecule has 0 aliphatic rings. The molecule has 0 heterocycles. The summed E-state index contributed by atoms with van der Waals surface area (Å²) in [5, 5.41) is -0.260. The van der Waals surface area contributed by atoms with Gasteiger partial charge in [0.15, 0.2) is 0 Å². The predicted molar refractivity (Wildman–Crippen MR) is 43.5 cm³/mol. The van der Waals surface area contributed by atoms with Gasteiger partial charge in [0.05, 0.1) is 0 Å². The Hall–Kier alpha value is 2.81. The maximum absolute atomic E-state index is 2.46. The van der Waals surface area contributed by atoms with Gasteiger partial charge in [-0.25, -0.2) is 0 Å². The summed E-state index contributed by atoms with van der Waals surface area (Å²) >= 11 is 7.38. The van der Waals surface area contributed by atoms with Crippen LogP contribution in [0.1, 0.15) is 0 Å². The zero-order valence-electron chi connectivity index (χ0n) is 1.49. The normalized spacial score (nSPS) is 11.2. The molecule has 0 atom stereocenters. The van der Waals surface area contributed by atoms with Gasteiger partial charge in [0.1, 0.15) is 0 Å². The summed E-state index contributed by atoms with van der Waals surface area (Å²) in [7, 11) is 0. The van der Waals surface area contributed by atoms with Gasteiger partial charge in [-0.2, -0.15) is 0 Å². The molecule has 0 N–H and O–H groups in total. The van der Waals surface area contributed by atoms with E-state index in [-0.39, 0.29) is 5.41 Å². The van der Waals surface area contributed by atoms with Gasteiger partial charge < -0.3 is 0 Å². The number of halogens is 3. The van der Waals surface area contributed by atoms with E-state index in [4.69, 9.17) is 0 Å². The summed E-state index contributed by atoms with van der Waals surface area (Å²) in [6.45, 7) is 0. The van der Waals surface area contributed by atoms with Gasteiger partial charge in [-0.15, -0.1) is 0 Å². The monoisotopic (exact) mass is 485 g/mol. The molecule has 0 fully saturated rings. The van der Waals surface area contributed by atoms with Crippen molar-refractivity contribution in [3.8, 4) is 0 Å². The van der Waals surface area contributed by atoms with Crippen molar-refractivity contribution in [2.75, 3.05) is 0 Å². The Morgan fingerprint density at radius 1 is 1.00 bits per heavy atom. The summed E-state index contributed by atoms with van der Waals surface area (Å²) in [4.78, 5) is 0. The third-order valence-corrected chi connectivity index (χ3v) is 0. The standard InChI is InChI=1S/3HI.Rh.H/h3*1H;;/q;;;+3;/p-3. The van der Waals surface area contributed by atoms with Gasteiger partial charge in [-0.1, -0.05) is 0 Å². The molecule has 31 valence electrons. The van der Waals surface area contributed by atoms with Crippen LogP contribution in [0.15, 0.2) is 0 Å². The fourth-order valence-corrected chi connectivity index (χ4v) is 0. The quantitative estimate of drug-likeness (QED) is 0.366. The molecular formula is HI3Rh. The third kappa shape index (κ3) is 8.84. The first-order chi connectivity index (χ1) is 1.73. The van der Waals surface area contributed by atoms with Gasteiger partial charge in [-0.05, 0) is 0 Å². The predicted octanol–water partition coefficient (Wildman–Crippen LogP) is 2.39. The molecule has 0 unspecified atom stereocenters. The zero-order valence-corrected chi connectivity index (χ0v) is 9.70. The third-order valence-electron chi connectivity index (χ3n) is 0. The molecule has 4 heavy (non-hydrogen) atoms. The van der Waals surface area contributed by atoms with Crippen LogP contribution >= 0.6 is 59.3 Å². The van der Waals surface area contributed by atoms with Gasteiger partial charge in [0.2, 0.25) is 0 Å². The van der Waals surface area contributed by atoms with Gasteiger partial charge in [0.25, 0.3) is 0 Å². The van der Waals surface area contributed by atoms with Crippen LogP contribution in [0.4, 0.5) is 0 Å². The second-order valence-corrected chi connectivity index (χ2v) is 40.3. The van der Waals surface area contributed by atoms with Gasteiger partial charge in [0, 0.05) is 0 Å². The minimum atomic E-state index is -0.260. The molecule has 0 radical (unpaired) electrons. The number of hydrogen-bond donors (Lipinski definition) is 0. The Balaban J connectivity index is 2.32. The molecule has 4 heteroatoms. The summed E-state index contributed by atoms with van der Waals surface area (Å²) < 4.78 is 0. The molecule has 0 nitrogen and oxygen atoms in total. The Morgan fingerprint density at radius 3 is 1.00 bits per heavy atom. The molecule has 0 aromatic carbocycles. The number of hydrogen-bond acceptors (Lipinski definition) is 0. The Bertz CT molecular complexity index is 8.00. The molecule has 0 amide bonds. The molecule has 0 rings (SSSR count). The van der Waals surface area contributed by atoms with Gasteiger partial charge in [-0.3, -0.25) is 0 Å². The van der Waals surface area contributed by atoms with Crippen molar-refractivity contribution in [3.63, 3.8) is 0 Å². The van der Waals surface area contributed by atoms with Crippen molar-refractivity contribution < 1.29 is 5.41 Å². The molecule has 0 spiro atoms. The first-order valence-corrected chi connectivity index (χ1v) is 15.9. The second-order valence-electron chi connectivity index (χ2n) is 0.152. The SMILES string of the molecule is [I][RhH]([I])[I]. The molecular weight excluding hydrogens is 484 g/mol. The van der Waals surface area contributed by atoms with Crippen molar-refractivity contribution >= 4 is 59.3 Å². The van der Waals surface area contributed by atoms with Crippen LogP contribution in [0, 0.1) is 0 Å². The Labute approximate surface area is 62.9 Å². The molecule has 0 aliphatic carbocycles. The Kier molecular flexibility index (Phi) is 6.79. The fourth-order valence-electron chi connectivity index (χ4n) is 0. The zero-order chi connectivity index (χ0) is 3.58. The molecule has 0 aromatic heterocycles. The molecule has 0 aliphatic heterocycles. The van der Waals surface area contributed by atoms with Crippen LogP contribution in [-0.4, -0.2) is 0 Å². The molecule has 0 aromatic rings. The summed E-state index contributed by atoms with van der Waals surface area (Å²) in [5.41, 5.74) is 0. The van der Waals surface area contributed by atoms with E-state index in [1.165, 1.54) is 0 Å². The van der Waals surface area contributed by atoms with Crippen LogP contribution in [0.3, 0.4) is 0 Å². The fraction of sp³-hybridized carbons (Fsp3) is 0. The van der Waals surface area contributed by atoms with Crippen molar-refractivity contribution in [3.05, 3.63) is 0 Å². The van der Waals surface area contributed by atoms with Crippen LogP contribution < -0.4 is 0 Å². The van der Waals surface area contributed by atoms with Crippen molar-refractivity contribution in [2.24, 2.45) is 0 Å². The van der Waals surface area contributed by atoms with E-state index >= 15 is 0 Å². The topological polar surface area (TPSA) is 0 Å². The Morgan fingerprint density at radius 2 is 1.00 bits per heavy atom. The van der Waals surface area contributed by atoms with Gasteiger partial charge >= 0.3 is 64.7 Å². The molecule has 0 saturated carbocycles. The summed E-state index contributed by atoms with van der Waals surface area (Å²) in [5.74, 6) is 0. The average molecular weight is 485 g/mol. The van der Waals surface area contributed by atoms with Crippen LogP contribution in [0.2, 0.25) is 0 Å². The van der Waals surface area contributed by atoms with E-state index in [9.17, 15) is 0 Å². The first-order valence-electron chi connectivity index (χ1n) is 0.401. The average Bonchev–Trinajstić information content (AvgIpc) is 0.811. The van der Waals surface area contributed by atoms with E-state index in [1.807, 2.05) is 0 Å². The molecule has 0 saturated heterocycles. The molecule has 0 bridgehead atoms. The van der Waals surface area contributed by atoms with E-state index in [0.29, 0.717) is 0 Å². The van der Waals surface area contributed by atoms with Crippen LogP contribution in [0.5, 0.6) is 0 Å². The van der Waals surface area contributed by atoms with Crippen molar-refractivity contribution in [2.45, 2.75) is 0 Å². The maximum atomic E-state index is 2.46. The van der Waals surface area contributed by atoms with Crippen molar-refractivity contribution in [1.29, 1.82) is 0 Å². The van der Waals surface area contributed by atoms with E-state index in [0.717, 1.165) is 0 Å².